The molecule has 0 aliphatic carbocycles. The molecule has 1 heterocycles. The number of hydrogen-bond donors (Lipinski definition) is 2. The first kappa shape index (κ1) is 21.2. The average molecular weight is 352 g/mol. The normalized spacial score (nSPS) is 11.4. The summed E-state index contributed by atoms with van der Waals surface area (Å²) in [5.41, 5.74) is 1.03. The number of hydrogen-bond acceptors (Lipinski definition) is 5. The highest BCUT2D eigenvalue weighted by Gasteiger charge is 1.99. The van der Waals surface area contributed by atoms with Crippen LogP contribution >= 0.6 is 0 Å². The van der Waals surface area contributed by atoms with Gasteiger partial charge in [-0.1, -0.05) is 19.4 Å². The molecule has 0 unspecified atom stereocenters. The fourth-order valence-electron chi connectivity index (χ4n) is 1.95. The van der Waals surface area contributed by atoms with Gasteiger partial charge in [-0.05, 0) is 18.9 Å². The third-order valence-electron chi connectivity index (χ3n) is 3.32. The maximum atomic E-state index is 5.54. The van der Waals surface area contributed by atoms with Crippen LogP contribution < -0.4 is 15.4 Å². The molecule has 0 fully saturated rings. The standard InChI is InChI=1S/C18H32N4O3/c1-4-6-10-24-12-13-25-11-9-20-18(19-5-2)22-15-16-7-8-17(23-3)21-14-16/h7-8,14H,4-6,9-13,15H2,1-3H3,(H2,19,20,22). The van der Waals surface area contributed by atoms with Crippen molar-refractivity contribution in [3.05, 3.63) is 23.9 Å². The summed E-state index contributed by atoms with van der Waals surface area (Å²) >= 11 is 0. The summed E-state index contributed by atoms with van der Waals surface area (Å²) < 4.78 is 16.0. The van der Waals surface area contributed by atoms with Gasteiger partial charge in [0, 0.05) is 32.0 Å². The maximum Gasteiger partial charge on any atom is 0.212 e. The Morgan fingerprint density at radius 2 is 1.88 bits per heavy atom. The molecule has 0 aliphatic heterocycles. The van der Waals surface area contributed by atoms with Gasteiger partial charge in [0.1, 0.15) is 0 Å². The Bertz CT molecular complexity index is 466. The number of guanidine groups is 1. The fraction of sp³-hybridized carbons (Fsp3) is 0.667. The van der Waals surface area contributed by atoms with Crippen LogP contribution in [0.1, 0.15) is 32.3 Å². The summed E-state index contributed by atoms with van der Waals surface area (Å²) in [4.78, 5) is 8.72. The zero-order valence-electron chi connectivity index (χ0n) is 15.7. The van der Waals surface area contributed by atoms with Gasteiger partial charge in [-0.3, -0.25) is 0 Å². The van der Waals surface area contributed by atoms with Crippen LogP contribution in [0, 0.1) is 0 Å². The molecular weight excluding hydrogens is 320 g/mol. The van der Waals surface area contributed by atoms with Gasteiger partial charge in [-0.25, -0.2) is 9.98 Å². The lowest BCUT2D eigenvalue weighted by molar-refractivity contribution is 0.0487. The van der Waals surface area contributed by atoms with Gasteiger partial charge >= 0.3 is 0 Å². The highest BCUT2D eigenvalue weighted by atomic mass is 16.5. The van der Waals surface area contributed by atoms with Crippen LogP contribution in [-0.2, 0) is 16.0 Å². The lowest BCUT2D eigenvalue weighted by Crippen LogP contribution is -2.39. The third-order valence-corrected chi connectivity index (χ3v) is 3.32. The number of aliphatic imine (C=N–C) groups is 1. The zero-order chi connectivity index (χ0) is 18.2. The van der Waals surface area contributed by atoms with E-state index in [1.807, 2.05) is 19.1 Å². The molecule has 0 aliphatic rings. The molecule has 0 aromatic carbocycles. The summed E-state index contributed by atoms with van der Waals surface area (Å²) in [7, 11) is 1.60. The van der Waals surface area contributed by atoms with Gasteiger partial charge in [0.2, 0.25) is 5.88 Å². The Morgan fingerprint density at radius 1 is 1.08 bits per heavy atom. The molecule has 0 saturated carbocycles. The number of rotatable bonds is 13. The minimum atomic E-state index is 0.554. The molecule has 7 nitrogen and oxygen atoms in total. The molecule has 1 rings (SSSR count). The van der Waals surface area contributed by atoms with Gasteiger partial charge in [0.05, 0.1) is 33.5 Å². The van der Waals surface area contributed by atoms with Crippen LogP contribution in [0.5, 0.6) is 5.88 Å². The molecule has 0 saturated heterocycles. The monoisotopic (exact) mass is 352 g/mol. The van der Waals surface area contributed by atoms with Gasteiger partial charge in [0.15, 0.2) is 5.96 Å². The lowest BCUT2D eigenvalue weighted by atomic mass is 10.3. The first-order chi connectivity index (χ1) is 12.3. The Balaban J connectivity index is 2.21. The van der Waals surface area contributed by atoms with Crippen molar-refractivity contribution < 1.29 is 14.2 Å². The molecule has 142 valence electrons. The van der Waals surface area contributed by atoms with Gasteiger partial charge in [0.25, 0.3) is 0 Å². The van der Waals surface area contributed by atoms with E-state index in [1.165, 1.54) is 0 Å². The maximum absolute atomic E-state index is 5.54. The van der Waals surface area contributed by atoms with E-state index in [2.05, 4.69) is 27.5 Å². The number of unbranched alkanes of at least 4 members (excludes halogenated alkanes) is 1. The molecule has 0 atom stereocenters. The molecule has 0 spiro atoms. The largest absolute Gasteiger partial charge is 0.481 e. The van der Waals surface area contributed by atoms with E-state index in [4.69, 9.17) is 14.2 Å². The first-order valence-corrected chi connectivity index (χ1v) is 8.96. The van der Waals surface area contributed by atoms with E-state index < -0.39 is 0 Å². The molecule has 0 radical (unpaired) electrons. The molecule has 2 N–H and O–H groups in total. The number of ether oxygens (including phenoxy) is 3. The number of aromatic nitrogens is 1. The fourth-order valence-corrected chi connectivity index (χ4v) is 1.95. The Morgan fingerprint density at radius 3 is 2.52 bits per heavy atom. The van der Waals surface area contributed by atoms with Crippen LogP contribution in [0.25, 0.3) is 0 Å². The van der Waals surface area contributed by atoms with E-state index in [9.17, 15) is 0 Å². The van der Waals surface area contributed by atoms with Crippen LogP contribution in [0.2, 0.25) is 0 Å². The van der Waals surface area contributed by atoms with Crippen molar-refractivity contribution in [1.82, 2.24) is 15.6 Å². The van der Waals surface area contributed by atoms with E-state index in [-0.39, 0.29) is 0 Å². The first-order valence-electron chi connectivity index (χ1n) is 8.96. The molecule has 0 amide bonds. The third kappa shape index (κ3) is 10.6. The van der Waals surface area contributed by atoms with E-state index in [0.717, 1.165) is 37.5 Å². The smallest absolute Gasteiger partial charge is 0.212 e. The summed E-state index contributed by atoms with van der Waals surface area (Å²) in [6.45, 7) is 8.95. The highest BCUT2D eigenvalue weighted by Crippen LogP contribution is 2.07. The number of pyridine rings is 1. The number of nitrogens with zero attached hydrogens (tertiary/aromatic N) is 2. The Labute approximate surface area is 151 Å². The quantitative estimate of drug-likeness (QED) is 0.321. The van der Waals surface area contributed by atoms with Crippen LogP contribution in [0.3, 0.4) is 0 Å². The highest BCUT2D eigenvalue weighted by molar-refractivity contribution is 5.79. The van der Waals surface area contributed by atoms with Gasteiger partial charge in [-0.2, -0.15) is 0 Å². The van der Waals surface area contributed by atoms with Crippen LogP contribution in [0.4, 0.5) is 0 Å². The second-order valence-corrected chi connectivity index (χ2v) is 5.41. The van der Waals surface area contributed by atoms with E-state index in [1.54, 1.807) is 13.3 Å². The molecule has 7 heteroatoms. The SMILES string of the molecule is CCCCOCCOCCNC(=NCc1ccc(OC)nc1)NCC. The van der Waals surface area contributed by atoms with Crippen molar-refractivity contribution >= 4 is 5.96 Å². The van der Waals surface area contributed by atoms with Crippen molar-refractivity contribution in [2.45, 2.75) is 33.2 Å². The lowest BCUT2D eigenvalue weighted by Gasteiger charge is -2.11. The van der Waals surface area contributed by atoms with Gasteiger partial charge < -0.3 is 24.8 Å². The molecule has 0 bridgehead atoms. The van der Waals surface area contributed by atoms with E-state index >= 15 is 0 Å². The number of nitrogens with one attached hydrogen (secondary N) is 2. The van der Waals surface area contributed by atoms with Crippen LogP contribution in [0.15, 0.2) is 23.3 Å². The molecule has 1 aromatic rings. The second-order valence-electron chi connectivity index (χ2n) is 5.41. The van der Waals surface area contributed by atoms with Crippen molar-refractivity contribution in [3.63, 3.8) is 0 Å². The van der Waals surface area contributed by atoms with Crippen molar-refractivity contribution in [2.75, 3.05) is 46.6 Å². The summed E-state index contributed by atoms with van der Waals surface area (Å²) in [6.07, 6.45) is 4.03. The zero-order valence-corrected chi connectivity index (χ0v) is 15.7. The Hall–Kier alpha value is -1.86. The molecule has 25 heavy (non-hydrogen) atoms. The number of methoxy groups -OCH3 is 1. The predicted molar refractivity (Wildman–Crippen MR) is 100 cm³/mol. The predicted octanol–water partition coefficient (Wildman–Crippen LogP) is 1.98. The molecular formula is C18H32N4O3. The van der Waals surface area contributed by atoms with Crippen molar-refractivity contribution in [1.29, 1.82) is 0 Å². The minimum Gasteiger partial charge on any atom is -0.481 e. The summed E-state index contributed by atoms with van der Waals surface area (Å²) in [5, 5.41) is 6.47. The van der Waals surface area contributed by atoms with Gasteiger partial charge in [-0.15, -0.1) is 0 Å². The van der Waals surface area contributed by atoms with Crippen LogP contribution in [-0.4, -0.2) is 57.6 Å². The topological polar surface area (TPSA) is 77.0 Å². The minimum absolute atomic E-state index is 0.554. The summed E-state index contributed by atoms with van der Waals surface area (Å²) in [5.74, 6) is 1.37. The summed E-state index contributed by atoms with van der Waals surface area (Å²) in [6, 6.07) is 3.79. The van der Waals surface area contributed by atoms with Crippen molar-refractivity contribution in [2.24, 2.45) is 4.99 Å². The van der Waals surface area contributed by atoms with Crippen molar-refractivity contribution in [3.8, 4) is 5.88 Å². The average Bonchev–Trinajstić information content (AvgIpc) is 2.65. The molecule has 1 aromatic heterocycles. The Kier molecular flexibility index (Phi) is 12.3. The van der Waals surface area contributed by atoms with E-state index in [0.29, 0.717) is 38.8 Å². The second kappa shape index (κ2) is 14.5.